The van der Waals surface area contributed by atoms with Crippen molar-refractivity contribution in [2.24, 2.45) is 5.73 Å². The predicted octanol–water partition coefficient (Wildman–Crippen LogP) is 0.986. The molecule has 13 heavy (non-hydrogen) atoms. The van der Waals surface area contributed by atoms with Crippen LogP contribution in [0.2, 0.25) is 0 Å². The molecule has 0 aromatic rings. The summed E-state index contributed by atoms with van der Waals surface area (Å²) in [4.78, 5) is 8.90. The van der Waals surface area contributed by atoms with Crippen LogP contribution < -0.4 is 5.73 Å². The zero-order valence-electron chi connectivity index (χ0n) is 6.11. The second-order valence-electron chi connectivity index (χ2n) is 2.37. The fourth-order valence-corrected chi connectivity index (χ4v) is 0.234. The Bertz CT molecular complexity index is 202. The molecule has 0 radical (unpaired) electrons. The molecule has 0 aliphatic heterocycles. The van der Waals surface area contributed by atoms with E-state index in [1.807, 2.05) is 0 Å². The first-order chi connectivity index (χ1) is 5.57. The maximum absolute atomic E-state index is 11.4. The number of nitrogens with two attached hydrogens (primary N) is 1. The summed E-state index contributed by atoms with van der Waals surface area (Å²) in [7, 11) is 0. The molecule has 1 unspecified atom stereocenters. The van der Waals surface area contributed by atoms with E-state index >= 15 is 0 Å². The number of halogens is 5. The van der Waals surface area contributed by atoms with Crippen LogP contribution in [0.1, 0.15) is 6.42 Å². The zero-order valence-corrected chi connectivity index (χ0v) is 6.11. The van der Waals surface area contributed by atoms with E-state index < -0.39 is 24.1 Å². The van der Waals surface area contributed by atoms with Crippen LogP contribution in [0.3, 0.4) is 0 Å². The number of hydrogen-bond acceptors (Lipinski definition) is 2. The van der Waals surface area contributed by atoms with Gasteiger partial charge in [-0.3, -0.25) is 0 Å². The highest BCUT2D eigenvalue weighted by molar-refractivity contribution is 5.73. The first-order valence-corrected chi connectivity index (χ1v) is 3.01. The summed E-state index contributed by atoms with van der Waals surface area (Å²) in [5.74, 6) is -5.27. The van der Waals surface area contributed by atoms with Gasteiger partial charge in [0.25, 0.3) is 5.92 Å². The molecule has 0 aromatic carbocycles. The highest BCUT2D eigenvalue weighted by Crippen LogP contribution is 2.39. The Morgan fingerprint density at radius 2 is 1.62 bits per heavy atom. The Morgan fingerprint density at radius 3 is 1.62 bits per heavy atom. The topological polar surface area (TPSA) is 63.3 Å². The van der Waals surface area contributed by atoms with E-state index in [9.17, 15) is 22.0 Å². The molecule has 0 amide bonds. The first-order valence-electron chi connectivity index (χ1n) is 3.01. The van der Waals surface area contributed by atoms with Crippen molar-refractivity contribution in [3.8, 4) is 0 Å². The average Bonchev–Trinajstić information content (AvgIpc) is 2.35. The van der Waals surface area contributed by atoms with Crippen molar-refractivity contribution in [1.29, 1.82) is 0 Å². The molecule has 0 aromatic heterocycles. The van der Waals surface area contributed by atoms with E-state index in [0.717, 1.165) is 0 Å². The van der Waals surface area contributed by atoms with Gasteiger partial charge in [-0.05, 0) is 0 Å². The van der Waals surface area contributed by atoms with Gasteiger partial charge in [-0.1, -0.05) is 0 Å². The van der Waals surface area contributed by atoms with Crippen molar-refractivity contribution in [2.45, 2.75) is 24.6 Å². The molecule has 3 N–H and O–H groups in total. The van der Waals surface area contributed by atoms with E-state index in [4.69, 9.17) is 15.6 Å². The maximum Gasteiger partial charge on any atom is 0.490 e. The number of aliphatic carboxylic acids is 1. The van der Waals surface area contributed by atoms with Gasteiger partial charge in [0.1, 0.15) is 0 Å². The first kappa shape index (κ1) is 12.1. The minimum atomic E-state index is -5.08. The Labute approximate surface area is 69.3 Å². The van der Waals surface area contributed by atoms with Crippen LogP contribution in [0.25, 0.3) is 0 Å². The summed E-state index contributed by atoms with van der Waals surface area (Å²) in [5.41, 5.74) is 4.75. The van der Waals surface area contributed by atoms with Gasteiger partial charge in [0.2, 0.25) is 0 Å². The number of hydrogen-bond donors (Lipinski definition) is 2. The van der Waals surface area contributed by atoms with Crippen molar-refractivity contribution < 1.29 is 31.9 Å². The van der Waals surface area contributed by atoms with Gasteiger partial charge in [0.15, 0.2) is 0 Å². The molecular formula is C5H6F5NO2. The van der Waals surface area contributed by atoms with Crippen LogP contribution in [0.15, 0.2) is 0 Å². The maximum atomic E-state index is 11.4. The predicted molar refractivity (Wildman–Crippen MR) is 31.2 cm³/mol. The molecular weight excluding hydrogens is 201 g/mol. The summed E-state index contributed by atoms with van der Waals surface area (Å²) in [6.07, 6.45) is -5.20. The number of alkyl halides is 5. The second-order valence-corrected chi connectivity index (χ2v) is 2.37. The summed E-state index contributed by atoms with van der Waals surface area (Å²) >= 11 is 0. The van der Waals surface area contributed by atoms with Crippen molar-refractivity contribution in [3.63, 3.8) is 0 Å². The Morgan fingerprint density at radius 1 is 1.46 bits per heavy atom. The molecule has 1 atom stereocenters. The molecule has 0 bridgehead atoms. The largest absolute Gasteiger partial charge is 0.490 e. The second kappa shape index (κ2) is 3.44. The molecule has 8 heteroatoms. The molecule has 1 aliphatic rings. The number of rotatable bonds is 0. The van der Waals surface area contributed by atoms with Crippen LogP contribution in [0, 0.1) is 0 Å². The monoisotopic (exact) mass is 207 g/mol. The molecule has 78 valence electrons. The lowest BCUT2D eigenvalue weighted by Gasteiger charge is -1.93. The molecule has 0 spiro atoms. The fraction of sp³-hybridized carbons (Fsp3) is 0.800. The quantitative estimate of drug-likeness (QED) is 0.582. The van der Waals surface area contributed by atoms with E-state index in [1.54, 1.807) is 0 Å². The summed E-state index contributed by atoms with van der Waals surface area (Å²) in [5, 5.41) is 7.12. The zero-order chi connectivity index (χ0) is 10.9. The SMILES string of the molecule is NC1CC1(F)F.O=C(O)C(F)(F)F. The van der Waals surface area contributed by atoms with Crippen LogP contribution in [-0.4, -0.2) is 29.2 Å². The average molecular weight is 207 g/mol. The third kappa shape index (κ3) is 4.61. The third-order valence-corrected chi connectivity index (χ3v) is 1.12. The van der Waals surface area contributed by atoms with Crippen LogP contribution in [-0.2, 0) is 4.79 Å². The highest BCUT2D eigenvalue weighted by atomic mass is 19.4. The lowest BCUT2D eigenvalue weighted by Crippen LogP contribution is -2.21. The van der Waals surface area contributed by atoms with E-state index in [1.165, 1.54) is 0 Å². The molecule has 0 saturated heterocycles. The smallest absolute Gasteiger partial charge is 0.475 e. The molecule has 1 aliphatic carbocycles. The van der Waals surface area contributed by atoms with Crippen molar-refractivity contribution in [1.82, 2.24) is 0 Å². The van der Waals surface area contributed by atoms with Gasteiger partial charge in [0, 0.05) is 6.42 Å². The van der Waals surface area contributed by atoms with Crippen LogP contribution in [0.5, 0.6) is 0 Å². The van der Waals surface area contributed by atoms with E-state index in [-0.39, 0.29) is 6.42 Å². The van der Waals surface area contributed by atoms with Gasteiger partial charge in [-0.2, -0.15) is 13.2 Å². The summed E-state index contributed by atoms with van der Waals surface area (Å²) < 4.78 is 54.5. The van der Waals surface area contributed by atoms with Gasteiger partial charge in [-0.15, -0.1) is 0 Å². The Kier molecular flexibility index (Phi) is 3.20. The Balaban J connectivity index is 0.000000223. The van der Waals surface area contributed by atoms with Gasteiger partial charge < -0.3 is 10.8 Å². The molecule has 1 rings (SSSR count). The van der Waals surface area contributed by atoms with Gasteiger partial charge >= 0.3 is 12.1 Å². The molecule has 3 nitrogen and oxygen atoms in total. The lowest BCUT2D eigenvalue weighted by molar-refractivity contribution is -0.192. The molecule has 1 fully saturated rings. The fourth-order valence-electron chi connectivity index (χ4n) is 0.234. The third-order valence-electron chi connectivity index (χ3n) is 1.12. The summed E-state index contributed by atoms with van der Waals surface area (Å²) in [6, 6.07) is -0.836. The van der Waals surface area contributed by atoms with Crippen molar-refractivity contribution in [3.05, 3.63) is 0 Å². The highest BCUT2D eigenvalue weighted by Gasteiger charge is 2.54. The number of carbonyl (C=O) groups is 1. The number of carboxylic acids is 1. The minimum absolute atomic E-state index is 0.118. The Hall–Kier alpha value is -0.920. The van der Waals surface area contributed by atoms with Crippen molar-refractivity contribution in [2.75, 3.05) is 0 Å². The van der Waals surface area contributed by atoms with Gasteiger partial charge in [-0.25, -0.2) is 13.6 Å². The normalized spacial score (nSPS) is 24.3. The summed E-state index contributed by atoms with van der Waals surface area (Å²) in [6.45, 7) is 0. The van der Waals surface area contributed by atoms with E-state index in [2.05, 4.69) is 0 Å². The van der Waals surface area contributed by atoms with Crippen LogP contribution >= 0.6 is 0 Å². The molecule has 0 heterocycles. The lowest BCUT2D eigenvalue weighted by atomic mass is 10.7. The van der Waals surface area contributed by atoms with Crippen molar-refractivity contribution >= 4 is 5.97 Å². The van der Waals surface area contributed by atoms with Crippen LogP contribution in [0.4, 0.5) is 22.0 Å². The minimum Gasteiger partial charge on any atom is -0.475 e. The van der Waals surface area contributed by atoms with Gasteiger partial charge in [0.05, 0.1) is 6.04 Å². The standard InChI is InChI=1S/C3H5F2N.C2HF3O2/c4-3(5)1-2(3)6;3-2(4,5)1(6)7/h2H,1,6H2;(H,6,7). The number of carboxylic acid groups (broad SMARTS) is 1. The molecule has 1 saturated carbocycles. The van der Waals surface area contributed by atoms with E-state index in [0.29, 0.717) is 0 Å².